The number of methoxy groups -OCH3 is 1. The van der Waals surface area contributed by atoms with Crippen molar-refractivity contribution in [3.63, 3.8) is 0 Å². The summed E-state index contributed by atoms with van der Waals surface area (Å²) in [6, 6.07) is 4.57. The molecule has 0 aliphatic rings. The van der Waals surface area contributed by atoms with E-state index in [4.69, 9.17) is 9.47 Å². The molecule has 0 aliphatic heterocycles. The maximum absolute atomic E-state index is 11.8. The molecule has 1 aromatic carbocycles. The lowest BCUT2D eigenvalue weighted by Gasteiger charge is -2.08. The Kier molecular flexibility index (Phi) is 6.74. The van der Waals surface area contributed by atoms with Gasteiger partial charge in [0.05, 0.1) is 19.3 Å². The first-order chi connectivity index (χ1) is 9.19. The van der Waals surface area contributed by atoms with Gasteiger partial charge in [0.25, 0.3) is 5.91 Å². The quantitative estimate of drug-likeness (QED) is 0.706. The fraction of sp³-hybridized carbons (Fsp3) is 0.500. The van der Waals surface area contributed by atoms with Crippen LogP contribution in [0.1, 0.15) is 30.1 Å². The van der Waals surface area contributed by atoms with Crippen LogP contribution in [0.3, 0.4) is 0 Å². The van der Waals surface area contributed by atoms with E-state index < -0.39 is 0 Å². The molecule has 0 heterocycles. The monoisotopic (exact) mass is 267 g/mol. The van der Waals surface area contributed by atoms with Crippen LogP contribution in [0, 0.1) is 0 Å². The molecule has 0 fully saturated rings. The summed E-state index contributed by atoms with van der Waals surface area (Å²) in [5, 5.41) is 12.4. The van der Waals surface area contributed by atoms with E-state index in [-0.39, 0.29) is 17.2 Å². The lowest BCUT2D eigenvalue weighted by molar-refractivity contribution is 0.0910. The largest absolute Gasteiger partial charge is 0.507 e. The van der Waals surface area contributed by atoms with E-state index in [1.165, 1.54) is 19.2 Å². The van der Waals surface area contributed by atoms with E-state index in [2.05, 4.69) is 12.2 Å². The van der Waals surface area contributed by atoms with E-state index in [1.54, 1.807) is 6.07 Å². The van der Waals surface area contributed by atoms with Gasteiger partial charge in [0.1, 0.15) is 11.5 Å². The highest BCUT2D eigenvalue weighted by Gasteiger charge is 2.11. The van der Waals surface area contributed by atoms with Gasteiger partial charge in [-0.05, 0) is 18.6 Å². The molecule has 0 saturated heterocycles. The van der Waals surface area contributed by atoms with Crippen molar-refractivity contribution in [3.05, 3.63) is 23.8 Å². The number of carbonyl (C=O) groups excluding carboxylic acids is 1. The number of nitrogens with one attached hydrogen (secondary N) is 1. The van der Waals surface area contributed by atoms with Crippen LogP contribution in [-0.2, 0) is 4.74 Å². The number of amides is 1. The van der Waals surface area contributed by atoms with E-state index in [1.807, 2.05) is 0 Å². The molecule has 1 aromatic rings. The average Bonchev–Trinajstić information content (AvgIpc) is 2.42. The van der Waals surface area contributed by atoms with E-state index in [0.717, 1.165) is 12.8 Å². The van der Waals surface area contributed by atoms with Crippen LogP contribution in [-0.4, -0.2) is 37.9 Å². The molecule has 0 atom stereocenters. The topological polar surface area (TPSA) is 67.8 Å². The Morgan fingerprint density at radius 2 is 2.16 bits per heavy atom. The predicted molar refractivity (Wildman–Crippen MR) is 72.7 cm³/mol. The van der Waals surface area contributed by atoms with Crippen molar-refractivity contribution in [1.82, 2.24) is 5.32 Å². The average molecular weight is 267 g/mol. The Morgan fingerprint density at radius 3 is 2.79 bits per heavy atom. The molecule has 0 unspecified atom stereocenters. The molecular formula is C14H21NO4. The fourth-order valence-corrected chi connectivity index (χ4v) is 1.51. The first-order valence-corrected chi connectivity index (χ1v) is 6.42. The van der Waals surface area contributed by atoms with Gasteiger partial charge in [0.15, 0.2) is 0 Å². The zero-order valence-corrected chi connectivity index (χ0v) is 11.4. The number of carbonyl (C=O) groups is 1. The van der Waals surface area contributed by atoms with Crippen molar-refractivity contribution in [2.45, 2.75) is 19.8 Å². The SMILES string of the molecule is CCCCOCCNC(=O)c1ccc(OC)cc1O. The fourth-order valence-electron chi connectivity index (χ4n) is 1.51. The molecule has 5 nitrogen and oxygen atoms in total. The minimum Gasteiger partial charge on any atom is -0.507 e. The van der Waals surface area contributed by atoms with Crippen molar-refractivity contribution in [3.8, 4) is 11.5 Å². The van der Waals surface area contributed by atoms with Crippen molar-refractivity contribution in [2.24, 2.45) is 0 Å². The molecule has 0 aliphatic carbocycles. The van der Waals surface area contributed by atoms with E-state index >= 15 is 0 Å². The zero-order chi connectivity index (χ0) is 14.1. The molecule has 106 valence electrons. The first-order valence-electron chi connectivity index (χ1n) is 6.42. The highest BCUT2D eigenvalue weighted by molar-refractivity contribution is 5.96. The second kappa shape index (κ2) is 8.37. The molecule has 2 N–H and O–H groups in total. The van der Waals surface area contributed by atoms with Gasteiger partial charge in [0, 0.05) is 19.2 Å². The van der Waals surface area contributed by atoms with Gasteiger partial charge in [-0.3, -0.25) is 4.79 Å². The Bertz CT molecular complexity index is 406. The van der Waals surface area contributed by atoms with Crippen molar-refractivity contribution in [1.29, 1.82) is 0 Å². The number of phenols is 1. The van der Waals surface area contributed by atoms with Crippen LogP contribution >= 0.6 is 0 Å². The molecule has 5 heteroatoms. The summed E-state index contributed by atoms with van der Waals surface area (Å²) in [6.07, 6.45) is 2.11. The minimum atomic E-state index is -0.320. The summed E-state index contributed by atoms with van der Waals surface area (Å²) in [7, 11) is 1.50. The third-order valence-corrected chi connectivity index (χ3v) is 2.62. The number of ether oxygens (including phenoxy) is 2. The van der Waals surface area contributed by atoms with Gasteiger partial charge in [-0.25, -0.2) is 0 Å². The second-order valence-corrected chi connectivity index (χ2v) is 4.10. The van der Waals surface area contributed by atoms with Gasteiger partial charge >= 0.3 is 0 Å². The zero-order valence-electron chi connectivity index (χ0n) is 11.4. The van der Waals surface area contributed by atoms with Crippen LogP contribution in [0.25, 0.3) is 0 Å². The van der Waals surface area contributed by atoms with Gasteiger partial charge in [-0.15, -0.1) is 0 Å². The number of hydrogen-bond acceptors (Lipinski definition) is 4. The highest BCUT2D eigenvalue weighted by atomic mass is 16.5. The molecule has 1 rings (SSSR count). The Labute approximate surface area is 113 Å². The molecule has 19 heavy (non-hydrogen) atoms. The van der Waals surface area contributed by atoms with E-state index in [0.29, 0.717) is 25.5 Å². The van der Waals surface area contributed by atoms with Crippen LogP contribution in [0.2, 0.25) is 0 Å². The summed E-state index contributed by atoms with van der Waals surface area (Å²) in [6.45, 7) is 3.70. The highest BCUT2D eigenvalue weighted by Crippen LogP contribution is 2.22. The number of benzene rings is 1. The molecule has 0 bridgehead atoms. The predicted octanol–water partition coefficient (Wildman–Crippen LogP) is 1.95. The van der Waals surface area contributed by atoms with Crippen molar-refractivity contribution >= 4 is 5.91 Å². The third kappa shape index (κ3) is 5.18. The summed E-state index contributed by atoms with van der Waals surface area (Å²) in [5.74, 6) is 0.0972. The van der Waals surface area contributed by atoms with Gasteiger partial charge < -0.3 is 19.9 Å². The number of phenolic OH excluding ortho intramolecular Hbond substituents is 1. The smallest absolute Gasteiger partial charge is 0.255 e. The Balaban J connectivity index is 2.37. The lowest BCUT2D eigenvalue weighted by Crippen LogP contribution is -2.27. The maximum Gasteiger partial charge on any atom is 0.255 e. The Morgan fingerprint density at radius 1 is 1.37 bits per heavy atom. The maximum atomic E-state index is 11.8. The normalized spacial score (nSPS) is 10.2. The summed E-state index contributed by atoms with van der Waals surface area (Å²) in [5.41, 5.74) is 0.231. The summed E-state index contributed by atoms with van der Waals surface area (Å²) < 4.78 is 10.3. The molecule has 0 saturated carbocycles. The van der Waals surface area contributed by atoms with E-state index in [9.17, 15) is 9.90 Å². The molecule has 0 radical (unpaired) electrons. The van der Waals surface area contributed by atoms with Gasteiger partial charge in [-0.1, -0.05) is 13.3 Å². The molecule has 1 amide bonds. The van der Waals surface area contributed by atoms with Crippen molar-refractivity contribution < 1.29 is 19.4 Å². The summed E-state index contributed by atoms with van der Waals surface area (Å²) >= 11 is 0. The second-order valence-electron chi connectivity index (χ2n) is 4.10. The van der Waals surface area contributed by atoms with Gasteiger partial charge in [0.2, 0.25) is 0 Å². The number of aromatic hydroxyl groups is 1. The molecule has 0 aromatic heterocycles. The van der Waals surface area contributed by atoms with Crippen molar-refractivity contribution in [2.75, 3.05) is 26.9 Å². The van der Waals surface area contributed by atoms with Crippen LogP contribution in [0.15, 0.2) is 18.2 Å². The first kappa shape index (κ1) is 15.3. The third-order valence-electron chi connectivity index (χ3n) is 2.62. The number of rotatable bonds is 8. The number of unbranched alkanes of at least 4 members (excludes halogenated alkanes) is 1. The summed E-state index contributed by atoms with van der Waals surface area (Å²) in [4.78, 5) is 11.8. The molecule has 0 spiro atoms. The van der Waals surface area contributed by atoms with Crippen LogP contribution in [0.5, 0.6) is 11.5 Å². The standard InChI is InChI=1S/C14H21NO4/c1-3-4-8-19-9-7-15-14(17)12-6-5-11(18-2)10-13(12)16/h5-6,10,16H,3-4,7-9H2,1-2H3,(H,15,17). The van der Waals surface area contributed by atoms with Crippen LogP contribution < -0.4 is 10.1 Å². The lowest BCUT2D eigenvalue weighted by atomic mass is 10.2. The Hall–Kier alpha value is -1.75. The van der Waals surface area contributed by atoms with Gasteiger partial charge in [-0.2, -0.15) is 0 Å². The number of hydrogen-bond donors (Lipinski definition) is 2. The van der Waals surface area contributed by atoms with Crippen LogP contribution in [0.4, 0.5) is 0 Å². The minimum absolute atomic E-state index is 0.0937. The molecular weight excluding hydrogens is 246 g/mol.